The van der Waals surface area contributed by atoms with Crippen LogP contribution in [0.2, 0.25) is 0 Å². The van der Waals surface area contributed by atoms with Gasteiger partial charge >= 0.3 is 0 Å². The normalized spacial score (nSPS) is 7.62. The summed E-state index contributed by atoms with van der Waals surface area (Å²) in [7, 11) is 0. The van der Waals surface area contributed by atoms with Crippen LogP contribution in [0.25, 0.3) is 0 Å². The van der Waals surface area contributed by atoms with E-state index in [2.05, 4.69) is 22.0 Å². The molecule has 39 valence electrons. The van der Waals surface area contributed by atoms with Crippen LogP contribution >= 0.6 is 15.9 Å². The fraction of sp³-hybridized carbons (Fsp3) is 0. The Morgan fingerprint density at radius 3 is 2.38 bits per heavy atom. The third kappa shape index (κ3) is 2.96. The molecule has 0 bridgehead atoms. The Morgan fingerprint density at radius 2 is 2.12 bits per heavy atom. The van der Waals surface area contributed by atoms with Crippen molar-refractivity contribution in [3.05, 3.63) is 34.8 Å². The van der Waals surface area contributed by atoms with Crippen molar-refractivity contribution in [2.45, 2.75) is 0 Å². The maximum Gasteiger partial charge on any atom is 0 e. The van der Waals surface area contributed by atoms with Gasteiger partial charge in [0.25, 0.3) is 0 Å². The van der Waals surface area contributed by atoms with E-state index in [0.717, 1.165) is 4.47 Å². The van der Waals surface area contributed by atoms with Gasteiger partial charge in [0.05, 0.1) is 0 Å². The van der Waals surface area contributed by atoms with Crippen LogP contribution in [-0.2, 0) is 32.7 Å². The van der Waals surface area contributed by atoms with Gasteiger partial charge in [0, 0.05) is 32.7 Å². The van der Waals surface area contributed by atoms with Gasteiger partial charge in [0.15, 0.2) is 0 Å². The SMILES string of the molecule is Brc1[c-]cccc1.[Y]. The van der Waals surface area contributed by atoms with E-state index in [9.17, 15) is 0 Å². The molecule has 0 fully saturated rings. The van der Waals surface area contributed by atoms with Gasteiger partial charge in [-0.15, -0.1) is 0 Å². The first-order valence-electron chi connectivity index (χ1n) is 2.02. The van der Waals surface area contributed by atoms with E-state index in [1.807, 2.05) is 24.3 Å². The Labute approximate surface area is 82.7 Å². The van der Waals surface area contributed by atoms with Crippen molar-refractivity contribution in [3.63, 3.8) is 0 Å². The molecular weight excluding hydrogens is 241 g/mol. The Kier molecular flexibility index (Phi) is 5.13. The van der Waals surface area contributed by atoms with Crippen LogP contribution < -0.4 is 0 Å². The summed E-state index contributed by atoms with van der Waals surface area (Å²) in [4.78, 5) is 0. The maximum absolute atomic E-state index is 3.26. The standard InChI is InChI=1S/C6H4Br.Y/c7-6-4-2-1-3-5-6;/h1-4H;/q-1;. The van der Waals surface area contributed by atoms with Crippen LogP contribution in [-0.4, -0.2) is 0 Å². The third-order valence-corrected chi connectivity index (χ3v) is 1.16. The summed E-state index contributed by atoms with van der Waals surface area (Å²) in [6.07, 6.45) is 0. The first-order valence-corrected chi connectivity index (χ1v) is 2.81. The second-order valence-electron chi connectivity index (χ2n) is 1.21. The van der Waals surface area contributed by atoms with Crippen LogP contribution in [0.4, 0.5) is 0 Å². The zero-order chi connectivity index (χ0) is 5.11. The number of hydrogen-bond acceptors (Lipinski definition) is 0. The molecule has 0 aromatic heterocycles. The van der Waals surface area contributed by atoms with E-state index in [1.54, 1.807) is 0 Å². The molecule has 0 unspecified atom stereocenters. The minimum atomic E-state index is 0. The zero-order valence-corrected chi connectivity index (χ0v) is 8.69. The summed E-state index contributed by atoms with van der Waals surface area (Å²) in [5.74, 6) is 0. The Balaban J connectivity index is 0.000000490. The van der Waals surface area contributed by atoms with Gasteiger partial charge in [-0.2, -0.15) is 30.3 Å². The molecule has 0 amide bonds. The maximum atomic E-state index is 3.26. The van der Waals surface area contributed by atoms with Gasteiger partial charge in [0.1, 0.15) is 0 Å². The average molecular weight is 245 g/mol. The number of hydrogen-bond donors (Lipinski definition) is 0. The molecule has 0 N–H and O–H groups in total. The van der Waals surface area contributed by atoms with Crippen molar-refractivity contribution in [1.29, 1.82) is 0 Å². The van der Waals surface area contributed by atoms with Crippen LogP contribution in [0.5, 0.6) is 0 Å². The number of benzene rings is 1. The Bertz CT molecular complexity index is 138. The van der Waals surface area contributed by atoms with Gasteiger partial charge in [0.2, 0.25) is 0 Å². The largest absolute Gasteiger partial charge is 0.176 e. The van der Waals surface area contributed by atoms with Crippen molar-refractivity contribution >= 4 is 15.9 Å². The molecule has 1 radical (unpaired) electrons. The van der Waals surface area contributed by atoms with Gasteiger partial charge in [-0.25, -0.2) is 0 Å². The second-order valence-corrected chi connectivity index (χ2v) is 2.06. The van der Waals surface area contributed by atoms with Gasteiger partial charge in [-0.05, 0) is 0 Å². The predicted molar refractivity (Wildman–Crippen MR) is 33.0 cm³/mol. The van der Waals surface area contributed by atoms with E-state index in [4.69, 9.17) is 0 Å². The molecule has 1 rings (SSSR count). The van der Waals surface area contributed by atoms with Gasteiger partial charge < -0.3 is 0 Å². The monoisotopic (exact) mass is 244 g/mol. The molecule has 2 heteroatoms. The van der Waals surface area contributed by atoms with Crippen molar-refractivity contribution in [2.75, 3.05) is 0 Å². The summed E-state index contributed by atoms with van der Waals surface area (Å²) >= 11 is 3.26. The summed E-state index contributed by atoms with van der Waals surface area (Å²) < 4.78 is 1.01. The molecule has 0 aliphatic carbocycles. The molecule has 0 saturated carbocycles. The molecule has 0 aliphatic heterocycles. The molecule has 0 atom stereocenters. The van der Waals surface area contributed by atoms with E-state index >= 15 is 0 Å². The minimum absolute atomic E-state index is 0. The molecule has 0 saturated heterocycles. The van der Waals surface area contributed by atoms with Crippen LogP contribution in [0.15, 0.2) is 28.7 Å². The van der Waals surface area contributed by atoms with Gasteiger partial charge in [-0.1, -0.05) is 20.4 Å². The van der Waals surface area contributed by atoms with Crippen molar-refractivity contribution in [3.8, 4) is 0 Å². The zero-order valence-electron chi connectivity index (χ0n) is 4.26. The molecule has 1 aromatic rings. The van der Waals surface area contributed by atoms with Crippen LogP contribution in [0, 0.1) is 6.07 Å². The Hall–Kier alpha value is 0.804. The molecule has 0 nitrogen and oxygen atoms in total. The number of rotatable bonds is 0. The molecular formula is C6H4BrY-. The predicted octanol–water partition coefficient (Wildman–Crippen LogP) is 2.25. The second kappa shape index (κ2) is 4.66. The quantitative estimate of drug-likeness (QED) is 0.615. The van der Waals surface area contributed by atoms with E-state index in [0.29, 0.717) is 0 Å². The third-order valence-electron chi connectivity index (χ3n) is 0.671. The van der Waals surface area contributed by atoms with Gasteiger partial charge in [-0.3, -0.25) is 0 Å². The summed E-state index contributed by atoms with van der Waals surface area (Å²) in [5, 5.41) is 0. The molecule has 0 heterocycles. The van der Waals surface area contributed by atoms with Crippen LogP contribution in [0.1, 0.15) is 0 Å². The molecule has 8 heavy (non-hydrogen) atoms. The minimum Gasteiger partial charge on any atom is -0.176 e. The fourth-order valence-corrected chi connectivity index (χ4v) is 0.656. The van der Waals surface area contributed by atoms with Crippen LogP contribution in [0.3, 0.4) is 0 Å². The van der Waals surface area contributed by atoms with E-state index in [-0.39, 0.29) is 32.7 Å². The van der Waals surface area contributed by atoms with Crippen molar-refractivity contribution in [1.82, 2.24) is 0 Å². The molecule has 0 spiro atoms. The summed E-state index contributed by atoms with van der Waals surface area (Å²) in [6, 6.07) is 10.7. The topological polar surface area (TPSA) is 0 Å². The summed E-state index contributed by atoms with van der Waals surface area (Å²) in [5.41, 5.74) is 0. The first kappa shape index (κ1) is 8.80. The fourth-order valence-electron chi connectivity index (χ4n) is 0.371. The van der Waals surface area contributed by atoms with Crippen molar-refractivity contribution in [2.24, 2.45) is 0 Å². The van der Waals surface area contributed by atoms with Crippen molar-refractivity contribution < 1.29 is 32.7 Å². The van der Waals surface area contributed by atoms with E-state index in [1.165, 1.54) is 0 Å². The first-order chi connectivity index (χ1) is 3.39. The molecule has 0 aliphatic rings. The molecule has 1 aromatic carbocycles. The summed E-state index contributed by atoms with van der Waals surface area (Å²) in [6.45, 7) is 0. The smallest absolute Gasteiger partial charge is 0 e. The average Bonchev–Trinajstić information content (AvgIpc) is 1.69. The number of halogens is 1. The Morgan fingerprint density at radius 1 is 1.38 bits per heavy atom. The van der Waals surface area contributed by atoms with E-state index < -0.39 is 0 Å².